The molecule has 1 saturated heterocycles. The third-order valence-electron chi connectivity index (χ3n) is 4.59. The van der Waals surface area contributed by atoms with E-state index in [0.717, 1.165) is 12.0 Å². The van der Waals surface area contributed by atoms with Crippen molar-refractivity contribution in [3.05, 3.63) is 65.2 Å². The van der Waals surface area contributed by atoms with Crippen LogP contribution in [-0.2, 0) is 16.4 Å². The maximum atomic E-state index is 12.8. The first-order valence-corrected chi connectivity index (χ1v) is 9.73. The number of benzene rings is 2. The predicted octanol–water partition coefficient (Wildman–Crippen LogP) is 1.91. The van der Waals surface area contributed by atoms with Crippen LogP contribution in [0.5, 0.6) is 0 Å². The number of nitrogens with two attached hydrogens (primary N) is 1. The second kappa shape index (κ2) is 7.28. The fourth-order valence-corrected chi connectivity index (χ4v) is 4.82. The summed E-state index contributed by atoms with van der Waals surface area (Å²) < 4.78 is 27.1. The highest BCUT2D eigenvalue weighted by Gasteiger charge is 2.32. The number of nitriles is 1. The molecular formula is C19H19N3O3S. The number of carbonyl (C=O) groups excluding carboxylic acids is 1. The lowest BCUT2D eigenvalue weighted by atomic mass is 9.97. The van der Waals surface area contributed by atoms with Gasteiger partial charge in [0, 0.05) is 18.7 Å². The molecule has 1 fully saturated rings. The molecule has 2 aromatic carbocycles. The molecule has 0 radical (unpaired) electrons. The van der Waals surface area contributed by atoms with Crippen molar-refractivity contribution in [3.8, 4) is 6.07 Å². The molecule has 0 bridgehead atoms. The van der Waals surface area contributed by atoms with Crippen LogP contribution in [0.2, 0.25) is 0 Å². The Morgan fingerprint density at radius 2 is 2.00 bits per heavy atom. The summed E-state index contributed by atoms with van der Waals surface area (Å²) in [5, 5.41) is 8.97. The molecule has 134 valence electrons. The fraction of sp³-hybridized carbons (Fsp3) is 0.263. The summed E-state index contributed by atoms with van der Waals surface area (Å²) in [6, 6.07) is 15.2. The number of hydrogen-bond acceptors (Lipinski definition) is 4. The van der Waals surface area contributed by atoms with E-state index in [2.05, 4.69) is 0 Å². The van der Waals surface area contributed by atoms with Gasteiger partial charge in [-0.05, 0) is 54.7 Å². The monoisotopic (exact) mass is 369 g/mol. The van der Waals surface area contributed by atoms with Gasteiger partial charge in [0.25, 0.3) is 0 Å². The third kappa shape index (κ3) is 3.77. The molecule has 26 heavy (non-hydrogen) atoms. The van der Waals surface area contributed by atoms with Crippen LogP contribution in [0.3, 0.4) is 0 Å². The van der Waals surface area contributed by atoms with Gasteiger partial charge in [-0.3, -0.25) is 4.79 Å². The van der Waals surface area contributed by atoms with Gasteiger partial charge in [0.1, 0.15) is 0 Å². The molecule has 3 rings (SSSR count). The molecule has 7 heteroatoms. The molecule has 1 aliphatic rings. The minimum Gasteiger partial charge on any atom is -0.366 e. The van der Waals surface area contributed by atoms with Crippen molar-refractivity contribution in [2.45, 2.75) is 17.7 Å². The van der Waals surface area contributed by atoms with E-state index in [1.807, 2.05) is 12.1 Å². The van der Waals surface area contributed by atoms with E-state index >= 15 is 0 Å². The molecule has 2 N–H and O–H groups in total. The van der Waals surface area contributed by atoms with Crippen molar-refractivity contribution in [3.63, 3.8) is 0 Å². The SMILES string of the molecule is N#Cc1cccc(S(=O)(=O)N2CC[C@H](Cc3cccc(C(N)=O)c3)C2)c1. The van der Waals surface area contributed by atoms with Gasteiger partial charge in [-0.2, -0.15) is 9.57 Å². The van der Waals surface area contributed by atoms with Crippen molar-refractivity contribution in [2.24, 2.45) is 11.7 Å². The number of amides is 1. The topological polar surface area (TPSA) is 104 Å². The second-order valence-corrected chi connectivity index (χ2v) is 8.36. The molecule has 2 aromatic rings. The first-order chi connectivity index (χ1) is 12.4. The van der Waals surface area contributed by atoms with Crippen LogP contribution in [-0.4, -0.2) is 31.7 Å². The van der Waals surface area contributed by atoms with E-state index in [1.165, 1.54) is 16.4 Å². The van der Waals surface area contributed by atoms with Gasteiger partial charge in [-0.1, -0.05) is 18.2 Å². The molecule has 0 saturated carbocycles. The Labute approximate surface area is 152 Å². The van der Waals surface area contributed by atoms with E-state index in [0.29, 0.717) is 30.6 Å². The van der Waals surface area contributed by atoms with Gasteiger partial charge in [0.2, 0.25) is 15.9 Å². The van der Waals surface area contributed by atoms with Crippen LogP contribution in [0.1, 0.15) is 27.9 Å². The molecular weight excluding hydrogens is 350 g/mol. The van der Waals surface area contributed by atoms with E-state index in [-0.39, 0.29) is 10.8 Å². The maximum absolute atomic E-state index is 12.8. The standard InChI is InChI=1S/C19H19N3O3S/c20-12-15-4-2-6-18(11-15)26(24,25)22-8-7-16(13-22)9-14-3-1-5-17(10-14)19(21)23/h1-6,10-11,16H,7-9,13H2,(H2,21,23)/t16-/m1/s1. The van der Waals surface area contributed by atoms with E-state index in [9.17, 15) is 13.2 Å². The zero-order valence-electron chi connectivity index (χ0n) is 14.1. The van der Waals surface area contributed by atoms with Gasteiger partial charge in [0.15, 0.2) is 0 Å². The normalized spacial score (nSPS) is 17.7. The Bertz CT molecular complexity index is 980. The summed E-state index contributed by atoms with van der Waals surface area (Å²) in [5.41, 5.74) is 7.06. The summed E-state index contributed by atoms with van der Waals surface area (Å²) in [6.07, 6.45) is 1.43. The van der Waals surface area contributed by atoms with Crippen molar-refractivity contribution >= 4 is 15.9 Å². The largest absolute Gasteiger partial charge is 0.366 e. The summed E-state index contributed by atoms with van der Waals surface area (Å²) in [5.74, 6) is -0.299. The second-order valence-electron chi connectivity index (χ2n) is 6.43. The van der Waals surface area contributed by atoms with Crippen molar-refractivity contribution < 1.29 is 13.2 Å². The lowest BCUT2D eigenvalue weighted by molar-refractivity contribution is 0.1000. The van der Waals surface area contributed by atoms with Gasteiger partial charge in [0.05, 0.1) is 16.5 Å². The summed E-state index contributed by atoms with van der Waals surface area (Å²) in [4.78, 5) is 11.4. The predicted molar refractivity (Wildman–Crippen MR) is 96.7 cm³/mol. The summed E-state index contributed by atoms with van der Waals surface area (Å²) in [7, 11) is -3.61. The molecule has 1 atom stereocenters. The van der Waals surface area contributed by atoms with Gasteiger partial charge < -0.3 is 5.73 Å². The van der Waals surface area contributed by atoms with Crippen molar-refractivity contribution in [2.75, 3.05) is 13.1 Å². The number of hydrogen-bond donors (Lipinski definition) is 1. The highest BCUT2D eigenvalue weighted by atomic mass is 32.2. The highest BCUT2D eigenvalue weighted by molar-refractivity contribution is 7.89. The zero-order chi connectivity index (χ0) is 18.7. The molecule has 0 aromatic heterocycles. The van der Waals surface area contributed by atoms with Crippen LogP contribution in [0, 0.1) is 17.2 Å². The molecule has 0 aliphatic carbocycles. The highest BCUT2D eigenvalue weighted by Crippen LogP contribution is 2.27. The molecule has 1 aliphatic heterocycles. The Hall–Kier alpha value is -2.69. The van der Waals surface area contributed by atoms with E-state index in [1.54, 1.807) is 30.3 Å². The van der Waals surface area contributed by atoms with Crippen LogP contribution in [0.15, 0.2) is 53.4 Å². The zero-order valence-corrected chi connectivity index (χ0v) is 14.9. The average Bonchev–Trinajstić information content (AvgIpc) is 3.11. The molecule has 0 unspecified atom stereocenters. The lowest BCUT2D eigenvalue weighted by Crippen LogP contribution is -2.29. The van der Waals surface area contributed by atoms with Gasteiger partial charge in [-0.15, -0.1) is 0 Å². The minimum absolute atomic E-state index is 0.146. The van der Waals surface area contributed by atoms with Crippen molar-refractivity contribution in [1.29, 1.82) is 5.26 Å². The van der Waals surface area contributed by atoms with Crippen LogP contribution in [0.25, 0.3) is 0 Å². The summed E-state index contributed by atoms with van der Waals surface area (Å²) in [6.45, 7) is 0.860. The van der Waals surface area contributed by atoms with Crippen molar-refractivity contribution in [1.82, 2.24) is 4.31 Å². The number of primary amides is 1. The summed E-state index contributed by atoms with van der Waals surface area (Å²) >= 11 is 0. The van der Waals surface area contributed by atoms with E-state index in [4.69, 9.17) is 11.0 Å². The number of nitrogens with zero attached hydrogens (tertiary/aromatic N) is 2. The number of sulfonamides is 1. The Morgan fingerprint density at radius 3 is 2.73 bits per heavy atom. The molecule has 0 spiro atoms. The smallest absolute Gasteiger partial charge is 0.248 e. The molecule has 1 heterocycles. The molecule has 6 nitrogen and oxygen atoms in total. The Morgan fingerprint density at radius 1 is 1.23 bits per heavy atom. The third-order valence-corrected chi connectivity index (χ3v) is 6.45. The lowest BCUT2D eigenvalue weighted by Gasteiger charge is -2.17. The minimum atomic E-state index is -3.61. The van der Waals surface area contributed by atoms with E-state index < -0.39 is 15.9 Å². The number of rotatable bonds is 5. The van der Waals surface area contributed by atoms with Crippen LogP contribution >= 0.6 is 0 Å². The fourth-order valence-electron chi connectivity index (χ4n) is 3.24. The van der Waals surface area contributed by atoms with Gasteiger partial charge in [-0.25, -0.2) is 8.42 Å². The van der Waals surface area contributed by atoms with Crippen LogP contribution < -0.4 is 5.73 Å². The molecule has 1 amide bonds. The first-order valence-electron chi connectivity index (χ1n) is 8.29. The Kier molecular flexibility index (Phi) is 5.07. The quantitative estimate of drug-likeness (QED) is 0.869. The van der Waals surface area contributed by atoms with Crippen LogP contribution in [0.4, 0.5) is 0 Å². The average molecular weight is 369 g/mol. The maximum Gasteiger partial charge on any atom is 0.248 e. The first kappa shape index (κ1) is 18.1. The number of carbonyl (C=O) groups is 1. The Balaban J connectivity index is 1.73. The van der Waals surface area contributed by atoms with Gasteiger partial charge >= 0.3 is 0 Å².